The molecule has 2 heterocycles. The van der Waals surface area contributed by atoms with Crippen molar-refractivity contribution >= 4 is 5.65 Å². The number of hydrogen-bond acceptors (Lipinski definition) is 3. The lowest BCUT2D eigenvalue weighted by Gasteiger charge is -1.98. The number of hydrogen-bond donors (Lipinski definition) is 0. The first kappa shape index (κ1) is 10.5. The van der Waals surface area contributed by atoms with E-state index in [1.165, 1.54) is 0 Å². The van der Waals surface area contributed by atoms with Gasteiger partial charge in [0, 0.05) is 0 Å². The maximum Gasteiger partial charge on any atom is 0.235 e. The minimum Gasteiger partial charge on any atom is -0.480 e. The second-order valence-electron chi connectivity index (χ2n) is 2.55. The van der Waals surface area contributed by atoms with Gasteiger partial charge in [0.2, 0.25) is 5.88 Å². The molecular formula is C10H15N3O. The molecule has 0 aliphatic rings. The zero-order chi connectivity index (χ0) is 10.6. The molecule has 2 aromatic rings. The molecule has 0 aromatic carbocycles. The van der Waals surface area contributed by atoms with Crippen molar-refractivity contribution in [1.82, 2.24) is 14.6 Å². The van der Waals surface area contributed by atoms with Gasteiger partial charge >= 0.3 is 0 Å². The van der Waals surface area contributed by atoms with Crippen LogP contribution in [0, 0.1) is 6.92 Å². The molecule has 2 rings (SSSR count). The number of nitrogens with zero attached hydrogens (tertiary/aromatic N) is 3. The highest BCUT2D eigenvalue weighted by Crippen LogP contribution is 2.11. The summed E-state index contributed by atoms with van der Waals surface area (Å²) in [6.45, 7) is 5.93. The van der Waals surface area contributed by atoms with Crippen LogP contribution in [0.4, 0.5) is 0 Å². The van der Waals surface area contributed by atoms with Crippen molar-refractivity contribution in [2.24, 2.45) is 0 Å². The van der Waals surface area contributed by atoms with Crippen molar-refractivity contribution in [3.8, 4) is 5.88 Å². The Morgan fingerprint density at radius 1 is 1.29 bits per heavy atom. The van der Waals surface area contributed by atoms with Gasteiger partial charge in [-0.05, 0) is 19.1 Å². The fourth-order valence-electron chi connectivity index (χ4n) is 1.08. The molecule has 0 saturated carbocycles. The van der Waals surface area contributed by atoms with Crippen molar-refractivity contribution in [1.29, 1.82) is 0 Å². The number of methoxy groups -OCH3 is 1. The lowest BCUT2D eigenvalue weighted by molar-refractivity contribution is 0.387. The van der Waals surface area contributed by atoms with Crippen LogP contribution in [0.5, 0.6) is 5.88 Å². The van der Waals surface area contributed by atoms with Crippen molar-refractivity contribution in [2.45, 2.75) is 20.8 Å². The van der Waals surface area contributed by atoms with E-state index < -0.39 is 0 Å². The molecule has 0 saturated heterocycles. The molecule has 0 bridgehead atoms. The smallest absolute Gasteiger partial charge is 0.235 e. The van der Waals surface area contributed by atoms with E-state index in [-0.39, 0.29) is 0 Å². The molecule has 0 aliphatic heterocycles. The van der Waals surface area contributed by atoms with Gasteiger partial charge < -0.3 is 4.74 Å². The summed E-state index contributed by atoms with van der Waals surface area (Å²) in [5.74, 6) is 0.661. The van der Waals surface area contributed by atoms with Crippen LogP contribution in [0.2, 0.25) is 0 Å². The molecule has 0 unspecified atom stereocenters. The van der Waals surface area contributed by atoms with Crippen molar-refractivity contribution in [2.75, 3.05) is 7.11 Å². The summed E-state index contributed by atoms with van der Waals surface area (Å²) in [5, 5.41) is 4.24. The largest absolute Gasteiger partial charge is 0.480 e. The first-order valence-corrected chi connectivity index (χ1v) is 4.66. The highest BCUT2D eigenvalue weighted by molar-refractivity contribution is 5.40. The number of rotatable bonds is 1. The van der Waals surface area contributed by atoms with Crippen LogP contribution in [0.25, 0.3) is 5.65 Å². The Balaban J connectivity index is 0.000000461. The normalized spacial score (nSPS) is 9.43. The zero-order valence-corrected chi connectivity index (χ0v) is 8.98. The summed E-state index contributed by atoms with van der Waals surface area (Å²) in [4.78, 5) is 4.11. The average molecular weight is 193 g/mol. The Labute approximate surface area is 83.5 Å². The Kier molecular flexibility index (Phi) is 3.45. The molecule has 4 nitrogen and oxygen atoms in total. The lowest BCUT2D eigenvalue weighted by Crippen LogP contribution is -1.96. The van der Waals surface area contributed by atoms with Crippen molar-refractivity contribution in [3.05, 3.63) is 24.0 Å². The minimum atomic E-state index is 0.661. The van der Waals surface area contributed by atoms with Gasteiger partial charge in [0.05, 0.1) is 19.0 Å². The maximum atomic E-state index is 5.06. The van der Waals surface area contributed by atoms with Gasteiger partial charge in [-0.25, -0.2) is 4.98 Å². The molecule has 0 N–H and O–H groups in total. The third kappa shape index (κ3) is 1.84. The molecular weight excluding hydrogens is 178 g/mol. The fourth-order valence-corrected chi connectivity index (χ4v) is 1.08. The monoisotopic (exact) mass is 193 g/mol. The van der Waals surface area contributed by atoms with Crippen LogP contribution in [0.3, 0.4) is 0 Å². The number of aryl methyl sites for hydroxylation is 1. The summed E-state index contributed by atoms with van der Waals surface area (Å²) in [6.07, 6.45) is 1.65. The van der Waals surface area contributed by atoms with Crippen LogP contribution in [-0.2, 0) is 0 Å². The van der Waals surface area contributed by atoms with E-state index in [1.54, 1.807) is 17.8 Å². The molecule has 2 aromatic heterocycles. The van der Waals surface area contributed by atoms with Gasteiger partial charge in [-0.15, -0.1) is 0 Å². The highest BCUT2D eigenvalue weighted by Gasteiger charge is 2.02. The van der Waals surface area contributed by atoms with Crippen molar-refractivity contribution in [3.63, 3.8) is 0 Å². The Morgan fingerprint density at radius 3 is 2.64 bits per heavy atom. The molecule has 0 radical (unpaired) electrons. The van der Waals surface area contributed by atoms with Crippen LogP contribution in [-0.4, -0.2) is 21.7 Å². The van der Waals surface area contributed by atoms with Gasteiger partial charge in [0.1, 0.15) is 0 Å². The topological polar surface area (TPSA) is 39.4 Å². The summed E-state index contributed by atoms with van der Waals surface area (Å²) in [5.41, 5.74) is 1.75. The number of ether oxygens (including phenoxy) is 1. The standard InChI is InChI=1S/C8H9N3O.C2H6/c1-6-3-4-7-9-5-8(12-2)11(7)10-6;1-2/h3-5H,1-2H3;1-2H3. The van der Waals surface area contributed by atoms with Crippen molar-refractivity contribution < 1.29 is 4.74 Å². The average Bonchev–Trinajstić information content (AvgIpc) is 2.63. The lowest BCUT2D eigenvalue weighted by atomic mass is 10.4. The van der Waals surface area contributed by atoms with E-state index in [0.717, 1.165) is 11.3 Å². The molecule has 0 amide bonds. The van der Waals surface area contributed by atoms with Gasteiger partial charge in [0.15, 0.2) is 5.65 Å². The molecule has 4 heteroatoms. The van der Waals surface area contributed by atoms with Gasteiger partial charge in [-0.2, -0.15) is 9.61 Å². The van der Waals surface area contributed by atoms with E-state index in [2.05, 4.69) is 10.1 Å². The van der Waals surface area contributed by atoms with Crippen LogP contribution >= 0.6 is 0 Å². The number of aromatic nitrogens is 3. The highest BCUT2D eigenvalue weighted by atomic mass is 16.5. The second kappa shape index (κ2) is 4.60. The summed E-state index contributed by atoms with van der Waals surface area (Å²) in [6, 6.07) is 3.83. The van der Waals surface area contributed by atoms with Crippen LogP contribution < -0.4 is 4.74 Å². The van der Waals surface area contributed by atoms with E-state index >= 15 is 0 Å². The Bertz CT molecular complexity index is 409. The molecule has 76 valence electrons. The van der Waals surface area contributed by atoms with Crippen LogP contribution in [0.15, 0.2) is 18.3 Å². The minimum absolute atomic E-state index is 0.661. The predicted molar refractivity (Wildman–Crippen MR) is 55.6 cm³/mol. The van der Waals surface area contributed by atoms with Gasteiger partial charge in [-0.1, -0.05) is 13.8 Å². The van der Waals surface area contributed by atoms with E-state index in [4.69, 9.17) is 4.74 Å². The molecule has 0 aliphatic carbocycles. The summed E-state index contributed by atoms with van der Waals surface area (Å²) in [7, 11) is 1.60. The Hall–Kier alpha value is -1.58. The molecule has 0 atom stereocenters. The summed E-state index contributed by atoms with van der Waals surface area (Å²) < 4.78 is 6.74. The first-order chi connectivity index (χ1) is 6.81. The fraction of sp³-hybridized carbons (Fsp3) is 0.400. The van der Waals surface area contributed by atoms with Gasteiger partial charge in [-0.3, -0.25) is 0 Å². The Morgan fingerprint density at radius 2 is 2.00 bits per heavy atom. The van der Waals surface area contributed by atoms with E-state index in [9.17, 15) is 0 Å². The molecule has 0 fully saturated rings. The summed E-state index contributed by atoms with van der Waals surface area (Å²) >= 11 is 0. The molecule has 14 heavy (non-hydrogen) atoms. The second-order valence-corrected chi connectivity index (χ2v) is 2.55. The third-order valence-corrected chi connectivity index (χ3v) is 1.67. The van der Waals surface area contributed by atoms with E-state index in [0.29, 0.717) is 5.88 Å². The number of fused-ring (bicyclic) bond motifs is 1. The SMILES string of the molecule is CC.COc1cnc2ccc(C)nn12. The van der Waals surface area contributed by atoms with Gasteiger partial charge in [0.25, 0.3) is 0 Å². The van der Waals surface area contributed by atoms with Crippen LogP contribution in [0.1, 0.15) is 19.5 Å². The molecule has 0 spiro atoms. The predicted octanol–water partition coefficient (Wildman–Crippen LogP) is 2.07. The quantitative estimate of drug-likeness (QED) is 0.696. The number of imidazole rings is 1. The van der Waals surface area contributed by atoms with E-state index in [1.807, 2.05) is 32.9 Å². The first-order valence-electron chi connectivity index (χ1n) is 4.66. The zero-order valence-electron chi connectivity index (χ0n) is 8.98. The maximum absolute atomic E-state index is 5.06. The third-order valence-electron chi connectivity index (χ3n) is 1.67.